The van der Waals surface area contributed by atoms with E-state index in [1.54, 1.807) is 0 Å². The third-order valence-electron chi connectivity index (χ3n) is 4.33. The van der Waals surface area contributed by atoms with Crippen LogP contribution in [0.2, 0.25) is 0 Å². The Morgan fingerprint density at radius 2 is 2.19 bits per heavy atom. The van der Waals surface area contributed by atoms with Gasteiger partial charge in [0, 0.05) is 17.6 Å². The van der Waals surface area contributed by atoms with Crippen LogP contribution < -0.4 is 5.32 Å². The maximum atomic E-state index is 4.60. The van der Waals surface area contributed by atoms with Gasteiger partial charge in [-0.15, -0.1) is 11.3 Å². The molecular weight excluding hydrogens is 216 g/mol. The molecule has 1 heterocycles. The summed E-state index contributed by atoms with van der Waals surface area (Å²) < 4.78 is 0. The number of hydrogen-bond acceptors (Lipinski definition) is 3. The molecule has 1 N–H and O–H groups in total. The fourth-order valence-corrected chi connectivity index (χ4v) is 4.09. The van der Waals surface area contributed by atoms with E-state index in [0.29, 0.717) is 5.41 Å². The Bertz CT molecular complexity index is 367. The zero-order valence-electron chi connectivity index (χ0n) is 10.1. The quantitative estimate of drug-likeness (QED) is 0.871. The SMILES string of the molecule is CC1(C)CCCC1(NC1CC1)c1nccs1. The van der Waals surface area contributed by atoms with E-state index < -0.39 is 0 Å². The second-order valence-corrected chi connectivity index (χ2v) is 6.79. The van der Waals surface area contributed by atoms with E-state index >= 15 is 0 Å². The Hall–Kier alpha value is -0.410. The van der Waals surface area contributed by atoms with Gasteiger partial charge < -0.3 is 5.32 Å². The molecule has 88 valence electrons. The zero-order valence-corrected chi connectivity index (χ0v) is 10.9. The van der Waals surface area contributed by atoms with Crippen molar-refractivity contribution in [2.75, 3.05) is 0 Å². The lowest BCUT2D eigenvalue weighted by Gasteiger charge is -2.41. The largest absolute Gasteiger partial charge is 0.302 e. The normalized spacial score (nSPS) is 33.1. The van der Waals surface area contributed by atoms with Crippen molar-refractivity contribution in [3.05, 3.63) is 16.6 Å². The van der Waals surface area contributed by atoms with E-state index in [0.717, 1.165) is 6.04 Å². The third-order valence-corrected chi connectivity index (χ3v) is 5.27. The van der Waals surface area contributed by atoms with Crippen molar-refractivity contribution < 1.29 is 0 Å². The molecule has 0 aliphatic heterocycles. The van der Waals surface area contributed by atoms with Crippen LogP contribution in [0.15, 0.2) is 11.6 Å². The Morgan fingerprint density at radius 1 is 1.38 bits per heavy atom. The molecule has 1 unspecified atom stereocenters. The van der Waals surface area contributed by atoms with Crippen molar-refractivity contribution in [2.45, 2.75) is 57.5 Å². The molecule has 1 aromatic rings. The van der Waals surface area contributed by atoms with Crippen LogP contribution in [0.25, 0.3) is 0 Å². The summed E-state index contributed by atoms with van der Waals surface area (Å²) in [5.41, 5.74) is 0.496. The molecule has 2 aliphatic rings. The van der Waals surface area contributed by atoms with Crippen LogP contribution in [0.4, 0.5) is 0 Å². The second kappa shape index (κ2) is 3.54. The first kappa shape index (κ1) is 10.7. The average Bonchev–Trinajstić information content (AvgIpc) is 2.77. The maximum absolute atomic E-state index is 4.60. The lowest BCUT2D eigenvalue weighted by molar-refractivity contribution is 0.153. The minimum Gasteiger partial charge on any atom is -0.302 e. The lowest BCUT2D eigenvalue weighted by atomic mass is 9.75. The molecule has 2 nitrogen and oxygen atoms in total. The van der Waals surface area contributed by atoms with Crippen LogP contribution in [-0.4, -0.2) is 11.0 Å². The smallest absolute Gasteiger partial charge is 0.113 e. The number of thiazole rings is 1. The molecule has 0 spiro atoms. The average molecular weight is 236 g/mol. The van der Waals surface area contributed by atoms with Gasteiger partial charge in [0.15, 0.2) is 0 Å². The predicted octanol–water partition coefficient (Wildman–Crippen LogP) is 3.30. The first-order valence-electron chi connectivity index (χ1n) is 6.32. The van der Waals surface area contributed by atoms with Crippen molar-refractivity contribution in [3.63, 3.8) is 0 Å². The minimum atomic E-state index is 0.155. The second-order valence-electron chi connectivity index (χ2n) is 5.90. The number of aromatic nitrogens is 1. The molecule has 1 atom stereocenters. The molecular formula is C13H20N2S. The fraction of sp³-hybridized carbons (Fsp3) is 0.769. The van der Waals surface area contributed by atoms with Crippen molar-refractivity contribution in [3.8, 4) is 0 Å². The molecule has 2 aliphatic carbocycles. The monoisotopic (exact) mass is 236 g/mol. The molecule has 0 saturated heterocycles. The van der Waals surface area contributed by atoms with Gasteiger partial charge in [-0.1, -0.05) is 20.3 Å². The molecule has 2 saturated carbocycles. The molecule has 3 rings (SSSR count). The molecule has 1 aromatic heterocycles. The number of nitrogens with one attached hydrogen (secondary N) is 1. The Balaban J connectivity index is 1.99. The van der Waals surface area contributed by atoms with Gasteiger partial charge in [-0.2, -0.15) is 0 Å². The minimum absolute atomic E-state index is 0.155. The van der Waals surface area contributed by atoms with Crippen LogP contribution in [-0.2, 0) is 5.54 Å². The van der Waals surface area contributed by atoms with Crippen molar-refractivity contribution in [2.24, 2.45) is 5.41 Å². The summed E-state index contributed by atoms with van der Waals surface area (Å²) in [5, 5.41) is 7.33. The Kier molecular flexibility index (Phi) is 2.37. The summed E-state index contributed by atoms with van der Waals surface area (Å²) >= 11 is 1.82. The van der Waals surface area contributed by atoms with Crippen molar-refractivity contribution in [1.29, 1.82) is 0 Å². The van der Waals surface area contributed by atoms with Crippen LogP contribution in [0.5, 0.6) is 0 Å². The van der Waals surface area contributed by atoms with Crippen LogP contribution >= 0.6 is 11.3 Å². The van der Waals surface area contributed by atoms with E-state index in [2.05, 4.69) is 29.5 Å². The van der Waals surface area contributed by atoms with Crippen LogP contribution in [0, 0.1) is 5.41 Å². The van der Waals surface area contributed by atoms with Gasteiger partial charge in [-0.3, -0.25) is 0 Å². The van der Waals surface area contributed by atoms with Gasteiger partial charge in [0.25, 0.3) is 0 Å². The van der Waals surface area contributed by atoms with Gasteiger partial charge in [-0.25, -0.2) is 4.98 Å². The van der Waals surface area contributed by atoms with Gasteiger partial charge in [-0.05, 0) is 31.1 Å². The fourth-order valence-electron chi connectivity index (χ4n) is 3.08. The summed E-state index contributed by atoms with van der Waals surface area (Å²) in [6.45, 7) is 4.80. The van der Waals surface area contributed by atoms with Crippen LogP contribution in [0.3, 0.4) is 0 Å². The molecule has 0 bridgehead atoms. The topological polar surface area (TPSA) is 24.9 Å². The molecule has 0 amide bonds. The highest BCUT2D eigenvalue weighted by Gasteiger charge is 2.53. The van der Waals surface area contributed by atoms with E-state index in [-0.39, 0.29) is 5.54 Å². The van der Waals surface area contributed by atoms with Gasteiger partial charge in [0.2, 0.25) is 0 Å². The number of rotatable bonds is 3. The van der Waals surface area contributed by atoms with E-state index in [1.165, 1.54) is 37.1 Å². The Labute approximate surface area is 101 Å². The summed E-state index contributed by atoms with van der Waals surface area (Å²) in [5.74, 6) is 0. The molecule has 3 heteroatoms. The standard InChI is InChI=1S/C13H20N2S/c1-12(2)6-3-7-13(12,15-10-4-5-10)11-14-8-9-16-11/h8-10,15H,3-7H2,1-2H3. The molecule has 16 heavy (non-hydrogen) atoms. The van der Waals surface area contributed by atoms with Gasteiger partial charge in [0.1, 0.15) is 5.01 Å². The summed E-state index contributed by atoms with van der Waals surface area (Å²) in [6.07, 6.45) is 8.54. The van der Waals surface area contributed by atoms with Crippen molar-refractivity contribution in [1.82, 2.24) is 10.3 Å². The van der Waals surface area contributed by atoms with Gasteiger partial charge in [0.05, 0.1) is 5.54 Å². The molecule has 0 radical (unpaired) electrons. The molecule has 0 aromatic carbocycles. The highest BCUT2D eigenvalue weighted by molar-refractivity contribution is 7.09. The first-order chi connectivity index (χ1) is 7.64. The predicted molar refractivity (Wildman–Crippen MR) is 67.6 cm³/mol. The summed E-state index contributed by atoms with van der Waals surface area (Å²) in [6, 6.07) is 0.751. The first-order valence-corrected chi connectivity index (χ1v) is 7.20. The molecule has 2 fully saturated rings. The Morgan fingerprint density at radius 3 is 2.69 bits per heavy atom. The summed E-state index contributed by atoms with van der Waals surface area (Å²) in [4.78, 5) is 4.60. The number of nitrogens with zero attached hydrogens (tertiary/aromatic N) is 1. The van der Waals surface area contributed by atoms with Crippen LogP contribution in [0.1, 0.15) is 51.0 Å². The highest BCUT2D eigenvalue weighted by atomic mass is 32.1. The zero-order chi connectivity index (χ0) is 11.2. The van der Waals surface area contributed by atoms with E-state index in [9.17, 15) is 0 Å². The maximum Gasteiger partial charge on any atom is 0.113 e. The van der Waals surface area contributed by atoms with Gasteiger partial charge >= 0.3 is 0 Å². The number of hydrogen-bond donors (Lipinski definition) is 1. The van der Waals surface area contributed by atoms with Crippen molar-refractivity contribution >= 4 is 11.3 Å². The third kappa shape index (κ3) is 1.52. The lowest BCUT2D eigenvalue weighted by Crippen LogP contribution is -2.50. The van der Waals surface area contributed by atoms with E-state index in [1.807, 2.05) is 17.5 Å². The highest BCUT2D eigenvalue weighted by Crippen LogP contribution is 2.53. The summed E-state index contributed by atoms with van der Waals surface area (Å²) in [7, 11) is 0. The van der Waals surface area contributed by atoms with E-state index in [4.69, 9.17) is 0 Å².